The van der Waals surface area contributed by atoms with E-state index in [1.54, 1.807) is 0 Å². The monoisotopic (exact) mass is 408 g/mol. The topological polar surface area (TPSA) is 52.6 Å². The Morgan fingerprint density at radius 2 is 1.24 bits per heavy atom. The van der Waals surface area contributed by atoms with Crippen LogP contribution in [0.4, 0.5) is 0 Å². The third-order valence-corrected chi connectivity index (χ3v) is 5.81. The largest absolute Gasteiger partial charge is 0.462 e. The van der Waals surface area contributed by atoms with Gasteiger partial charge in [0.05, 0.1) is 18.8 Å². The molecule has 0 N–H and O–H groups in total. The molecule has 29 heavy (non-hydrogen) atoms. The second kappa shape index (κ2) is 16.5. The summed E-state index contributed by atoms with van der Waals surface area (Å²) in [6.45, 7) is 7.32. The number of esters is 2. The molecule has 0 amide bonds. The van der Waals surface area contributed by atoms with Crippen molar-refractivity contribution in [2.75, 3.05) is 13.2 Å². The number of carbonyl (C=O) groups excluding carboxylic acids is 2. The van der Waals surface area contributed by atoms with Crippen LogP contribution in [0, 0.1) is 5.92 Å². The van der Waals surface area contributed by atoms with Gasteiger partial charge < -0.3 is 9.47 Å². The average Bonchev–Trinajstić information content (AvgIpc) is 2.72. The lowest BCUT2D eigenvalue weighted by Gasteiger charge is -2.24. The molecule has 0 radical (unpaired) electrons. The van der Waals surface area contributed by atoms with Gasteiger partial charge in [-0.05, 0) is 38.0 Å². The van der Waals surface area contributed by atoms with Gasteiger partial charge in [-0.3, -0.25) is 0 Å². The molecule has 1 rings (SSSR count). The minimum Gasteiger partial charge on any atom is -0.462 e. The molecule has 0 heterocycles. The molecular weight excluding hydrogens is 364 g/mol. The molecular formula is C25H44O4. The van der Waals surface area contributed by atoms with E-state index in [0.717, 1.165) is 38.5 Å². The Morgan fingerprint density at radius 3 is 1.79 bits per heavy atom. The highest BCUT2D eigenvalue weighted by molar-refractivity contribution is 6.01. The maximum absolute atomic E-state index is 12.6. The zero-order valence-corrected chi connectivity index (χ0v) is 19.2. The van der Waals surface area contributed by atoms with Gasteiger partial charge in [0.25, 0.3) is 0 Å². The van der Waals surface area contributed by atoms with Crippen molar-refractivity contribution in [2.45, 2.75) is 117 Å². The van der Waals surface area contributed by atoms with Crippen molar-refractivity contribution in [3.63, 3.8) is 0 Å². The van der Waals surface area contributed by atoms with Crippen molar-refractivity contribution in [1.82, 2.24) is 0 Å². The van der Waals surface area contributed by atoms with E-state index in [0.29, 0.717) is 30.8 Å². The summed E-state index contributed by atoms with van der Waals surface area (Å²) < 4.78 is 11.0. The number of hydrogen-bond acceptors (Lipinski definition) is 4. The molecule has 1 atom stereocenters. The number of unbranched alkanes of at least 4 members (excludes halogenated alkanes) is 10. The maximum atomic E-state index is 12.6. The second-order valence-corrected chi connectivity index (χ2v) is 8.49. The predicted molar refractivity (Wildman–Crippen MR) is 119 cm³/mol. The summed E-state index contributed by atoms with van der Waals surface area (Å²) in [7, 11) is 0. The standard InChI is InChI=1S/C25H44O4/c1-4-6-8-10-12-14-19-28-24(26)22-18-16-17-21(3)23(22)25(27)29-20-15-13-11-9-7-5-2/h21H,4-20H2,1-3H3. The van der Waals surface area contributed by atoms with Crippen LogP contribution in [-0.4, -0.2) is 25.2 Å². The highest BCUT2D eigenvalue weighted by Gasteiger charge is 2.30. The summed E-state index contributed by atoms with van der Waals surface area (Å²) in [6, 6.07) is 0. The van der Waals surface area contributed by atoms with E-state index in [9.17, 15) is 9.59 Å². The van der Waals surface area contributed by atoms with Crippen molar-refractivity contribution in [2.24, 2.45) is 5.92 Å². The fourth-order valence-electron chi connectivity index (χ4n) is 3.96. The van der Waals surface area contributed by atoms with E-state index in [1.807, 2.05) is 6.92 Å². The smallest absolute Gasteiger partial charge is 0.334 e. The third-order valence-electron chi connectivity index (χ3n) is 5.81. The van der Waals surface area contributed by atoms with Crippen LogP contribution < -0.4 is 0 Å². The van der Waals surface area contributed by atoms with E-state index >= 15 is 0 Å². The quantitative estimate of drug-likeness (QED) is 0.206. The Balaban J connectivity index is 2.43. The number of carbonyl (C=O) groups is 2. The van der Waals surface area contributed by atoms with Crippen LogP contribution in [0.25, 0.3) is 0 Å². The Hall–Kier alpha value is -1.32. The van der Waals surface area contributed by atoms with Gasteiger partial charge in [-0.2, -0.15) is 0 Å². The zero-order valence-electron chi connectivity index (χ0n) is 19.2. The fraction of sp³-hybridized carbons (Fsp3) is 0.840. The summed E-state index contributed by atoms with van der Waals surface area (Å²) in [5, 5.41) is 0. The third kappa shape index (κ3) is 10.9. The molecule has 4 heteroatoms. The Labute approximate surface area is 178 Å². The van der Waals surface area contributed by atoms with E-state index in [-0.39, 0.29) is 17.9 Å². The summed E-state index contributed by atoms with van der Waals surface area (Å²) in [5.74, 6) is -0.550. The number of hydrogen-bond donors (Lipinski definition) is 0. The van der Waals surface area contributed by atoms with Crippen LogP contribution in [0.1, 0.15) is 117 Å². The van der Waals surface area contributed by atoms with Crippen molar-refractivity contribution >= 4 is 11.9 Å². The van der Waals surface area contributed by atoms with Crippen LogP contribution in [0.5, 0.6) is 0 Å². The summed E-state index contributed by atoms with van der Waals surface area (Å²) in [5.41, 5.74) is 1.12. The molecule has 168 valence electrons. The van der Waals surface area contributed by atoms with Crippen molar-refractivity contribution in [3.8, 4) is 0 Å². The molecule has 0 aliphatic heterocycles. The van der Waals surface area contributed by atoms with E-state index < -0.39 is 0 Å². The first kappa shape index (κ1) is 25.7. The fourth-order valence-corrected chi connectivity index (χ4v) is 3.96. The first-order valence-corrected chi connectivity index (χ1v) is 12.2. The highest BCUT2D eigenvalue weighted by atomic mass is 16.5. The number of rotatable bonds is 16. The molecule has 0 aromatic rings. The lowest BCUT2D eigenvalue weighted by Crippen LogP contribution is -2.24. The molecule has 1 unspecified atom stereocenters. The van der Waals surface area contributed by atoms with Gasteiger partial charge in [0.15, 0.2) is 0 Å². The molecule has 0 bridgehead atoms. The highest BCUT2D eigenvalue weighted by Crippen LogP contribution is 2.31. The minimum absolute atomic E-state index is 0.0670. The van der Waals surface area contributed by atoms with Crippen LogP contribution in [0.2, 0.25) is 0 Å². The Bertz CT molecular complexity index is 495. The molecule has 0 spiro atoms. The van der Waals surface area contributed by atoms with Gasteiger partial charge >= 0.3 is 11.9 Å². The minimum atomic E-state index is -0.309. The molecule has 4 nitrogen and oxygen atoms in total. The molecule has 0 aromatic carbocycles. The first-order valence-electron chi connectivity index (χ1n) is 12.2. The van der Waals surface area contributed by atoms with Gasteiger partial charge in [0, 0.05) is 5.57 Å². The van der Waals surface area contributed by atoms with Crippen molar-refractivity contribution in [1.29, 1.82) is 0 Å². The van der Waals surface area contributed by atoms with Gasteiger partial charge in [-0.25, -0.2) is 9.59 Å². The molecule has 0 saturated carbocycles. The van der Waals surface area contributed by atoms with Crippen LogP contribution >= 0.6 is 0 Å². The normalized spacial score (nSPS) is 16.7. The Morgan fingerprint density at radius 1 is 0.759 bits per heavy atom. The van der Waals surface area contributed by atoms with Gasteiger partial charge in [0.2, 0.25) is 0 Å². The summed E-state index contributed by atoms with van der Waals surface area (Å²) in [6.07, 6.45) is 16.4. The zero-order chi connectivity index (χ0) is 21.3. The van der Waals surface area contributed by atoms with Crippen molar-refractivity contribution < 1.29 is 19.1 Å². The van der Waals surface area contributed by atoms with Crippen LogP contribution in [-0.2, 0) is 19.1 Å². The second-order valence-electron chi connectivity index (χ2n) is 8.49. The molecule has 1 aliphatic carbocycles. The lowest BCUT2D eigenvalue weighted by atomic mass is 9.83. The molecule has 0 aromatic heterocycles. The van der Waals surface area contributed by atoms with E-state index in [1.165, 1.54) is 51.4 Å². The summed E-state index contributed by atoms with van der Waals surface area (Å²) in [4.78, 5) is 25.2. The maximum Gasteiger partial charge on any atom is 0.334 e. The molecule has 0 saturated heterocycles. The predicted octanol–water partition coefficient (Wildman–Crippen LogP) is 6.91. The van der Waals surface area contributed by atoms with E-state index in [2.05, 4.69) is 13.8 Å². The van der Waals surface area contributed by atoms with Crippen molar-refractivity contribution in [3.05, 3.63) is 11.1 Å². The Kier molecular flexibility index (Phi) is 14.6. The van der Waals surface area contributed by atoms with Gasteiger partial charge in [-0.1, -0.05) is 85.0 Å². The van der Waals surface area contributed by atoms with E-state index in [4.69, 9.17) is 9.47 Å². The van der Waals surface area contributed by atoms with Gasteiger partial charge in [-0.15, -0.1) is 0 Å². The number of ether oxygens (including phenoxy) is 2. The summed E-state index contributed by atoms with van der Waals surface area (Å²) >= 11 is 0. The average molecular weight is 409 g/mol. The lowest BCUT2D eigenvalue weighted by molar-refractivity contribution is -0.143. The van der Waals surface area contributed by atoms with Crippen LogP contribution in [0.15, 0.2) is 11.1 Å². The molecule has 1 aliphatic rings. The first-order chi connectivity index (χ1) is 14.1. The van der Waals surface area contributed by atoms with Gasteiger partial charge in [0.1, 0.15) is 0 Å². The SMILES string of the molecule is CCCCCCCCOC(=O)C1=C(C(=O)OCCCCCCCC)C(C)CCC1. The van der Waals surface area contributed by atoms with Crippen LogP contribution in [0.3, 0.4) is 0 Å². The molecule has 0 fully saturated rings.